The summed E-state index contributed by atoms with van der Waals surface area (Å²) < 4.78 is 1.01. The van der Waals surface area contributed by atoms with Crippen molar-refractivity contribution >= 4 is 38.9 Å². The molecule has 3 atom stereocenters. The minimum Gasteiger partial charge on any atom is -0.347 e. The largest absolute Gasteiger partial charge is 0.347 e. The molecule has 0 saturated carbocycles. The summed E-state index contributed by atoms with van der Waals surface area (Å²) in [7, 11) is 0. The summed E-state index contributed by atoms with van der Waals surface area (Å²) >= 11 is 7.68. The molecule has 1 amide bonds. The number of hydrogen-bond acceptors (Lipinski definition) is 4. The number of thiophene rings is 1. The first-order valence-electron chi connectivity index (χ1n) is 7.25. The Labute approximate surface area is 132 Å². The van der Waals surface area contributed by atoms with E-state index in [-0.39, 0.29) is 11.9 Å². The third-order valence-corrected chi connectivity index (χ3v) is 5.82. The number of fused-ring (bicyclic) bond motifs is 3. The van der Waals surface area contributed by atoms with Crippen LogP contribution in [0.3, 0.4) is 0 Å². The van der Waals surface area contributed by atoms with Crippen molar-refractivity contribution in [2.24, 2.45) is 5.92 Å². The van der Waals surface area contributed by atoms with Gasteiger partial charge in [0.1, 0.15) is 5.69 Å². The summed E-state index contributed by atoms with van der Waals surface area (Å²) in [5.74, 6) is 0.650. The monoisotopic (exact) mass is 321 g/mol. The van der Waals surface area contributed by atoms with Gasteiger partial charge in [-0.05, 0) is 31.4 Å². The zero-order chi connectivity index (χ0) is 14.4. The second-order valence-electron chi connectivity index (χ2n) is 5.97. The predicted octanol–water partition coefficient (Wildman–Crippen LogP) is 2.77. The molecular weight excluding hydrogens is 306 g/mol. The van der Waals surface area contributed by atoms with E-state index in [1.807, 2.05) is 5.38 Å². The van der Waals surface area contributed by atoms with Crippen molar-refractivity contribution in [2.75, 3.05) is 19.6 Å². The number of carbonyl (C=O) groups is 1. The molecule has 1 unspecified atom stereocenters. The third kappa shape index (κ3) is 2.54. The molecule has 21 heavy (non-hydrogen) atoms. The van der Waals surface area contributed by atoms with Crippen LogP contribution in [0.25, 0.3) is 10.1 Å². The summed E-state index contributed by atoms with van der Waals surface area (Å²) in [5, 5.41) is 6.61. The van der Waals surface area contributed by atoms with Crippen LogP contribution in [0.4, 0.5) is 0 Å². The Morgan fingerprint density at radius 2 is 2.38 bits per heavy atom. The topological polar surface area (TPSA) is 45.2 Å². The van der Waals surface area contributed by atoms with Crippen molar-refractivity contribution in [1.29, 1.82) is 0 Å². The number of hydrogen-bond donors (Lipinski definition) is 1. The fourth-order valence-corrected chi connectivity index (χ4v) is 4.56. The number of nitrogens with one attached hydrogen (secondary N) is 1. The molecule has 4 heterocycles. The van der Waals surface area contributed by atoms with Crippen molar-refractivity contribution in [3.8, 4) is 0 Å². The van der Waals surface area contributed by atoms with E-state index in [0.29, 0.717) is 10.7 Å². The van der Waals surface area contributed by atoms with Gasteiger partial charge in [-0.25, -0.2) is 4.98 Å². The molecule has 2 saturated heterocycles. The van der Waals surface area contributed by atoms with Crippen LogP contribution < -0.4 is 5.32 Å². The lowest BCUT2D eigenvalue weighted by Crippen LogP contribution is -2.47. The molecule has 0 aromatic carbocycles. The quantitative estimate of drug-likeness (QED) is 0.925. The number of carbonyl (C=O) groups excluding carboxylic acids is 1. The van der Waals surface area contributed by atoms with Crippen LogP contribution in [0.15, 0.2) is 17.6 Å². The maximum absolute atomic E-state index is 12.4. The SMILES string of the molecule is O=C(N[C@@H]1C[C@@H]2CCN(C2)C1)c1cc2c(Cl)csc2cn1. The number of amides is 1. The van der Waals surface area contributed by atoms with E-state index in [1.165, 1.54) is 19.5 Å². The molecule has 110 valence electrons. The summed E-state index contributed by atoms with van der Waals surface area (Å²) in [6.07, 6.45) is 4.08. The highest BCUT2D eigenvalue weighted by atomic mass is 35.5. The van der Waals surface area contributed by atoms with Gasteiger partial charge in [-0.2, -0.15) is 0 Å². The average Bonchev–Trinajstić information content (AvgIpc) is 3.02. The molecule has 2 fully saturated rings. The maximum Gasteiger partial charge on any atom is 0.270 e. The lowest BCUT2D eigenvalue weighted by Gasteiger charge is -2.30. The summed E-state index contributed by atoms with van der Waals surface area (Å²) in [5.41, 5.74) is 0.454. The van der Waals surface area contributed by atoms with E-state index in [1.54, 1.807) is 23.6 Å². The van der Waals surface area contributed by atoms with Gasteiger partial charge in [-0.3, -0.25) is 4.79 Å². The zero-order valence-corrected chi connectivity index (χ0v) is 13.1. The maximum atomic E-state index is 12.4. The van der Waals surface area contributed by atoms with Gasteiger partial charge in [0.2, 0.25) is 0 Å². The zero-order valence-electron chi connectivity index (χ0n) is 11.5. The summed E-state index contributed by atoms with van der Waals surface area (Å²) in [4.78, 5) is 19.1. The first-order chi connectivity index (χ1) is 10.2. The molecule has 2 aromatic heterocycles. The lowest BCUT2D eigenvalue weighted by atomic mass is 9.97. The van der Waals surface area contributed by atoms with Crippen LogP contribution in [-0.4, -0.2) is 41.5 Å². The van der Waals surface area contributed by atoms with Crippen LogP contribution >= 0.6 is 22.9 Å². The molecule has 2 aliphatic heterocycles. The third-order valence-electron chi connectivity index (χ3n) is 4.45. The predicted molar refractivity (Wildman–Crippen MR) is 85.0 cm³/mol. The molecule has 0 radical (unpaired) electrons. The van der Waals surface area contributed by atoms with Crippen LogP contribution in [-0.2, 0) is 0 Å². The molecule has 4 nitrogen and oxygen atoms in total. The number of halogens is 1. The molecule has 2 aliphatic rings. The highest BCUT2D eigenvalue weighted by Crippen LogP contribution is 2.30. The number of pyridine rings is 1. The van der Waals surface area contributed by atoms with Crippen molar-refractivity contribution < 1.29 is 4.79 Å². The number of rotatable bonds is 2. The summed E-state index contributed by atoms with van der Waals surface area (Å²) in [6.45, 7) is 3.33. The van der Waals surface area contributed by atoms with E-state index in [2.05, 4.69) is 15.2 Å². The number of piperidine rings is 1. The number of nitrogens with zero attached hydrogens (tertiary/aromatic N) is 2. The van der Waals surface area contributed by atoms with E-state index >= 15 is 0 Å². The highest BCUT2D eigenvalue weighted by molar-refractivity contribution is 7.17. The van der Waals surface area contributed by atoms with Gasteiger partial charge in [0.05, 0.1) is 9.72 Å². The van der Waals surface area contributed by atoms with E-state index in [9.17, 15) is 4.79 Å². The molecule has 6 heteroatoms. The minimum atomic E-state index is -0.0910. The van der Waals surface area contributed by atoms with Crippen molar-refractivity contribution in [3.63, 3.8) is 0 Å². The van der Waals surface area contributed by atoms with E-state index in [0.717, 1.165) is 29.0 Å². The first kappa shape index (κ1) is 13.5. The standard InChI is InChI=1S/C15H16ClN3OS/c16-12-8-21-14-5-17-13(4-11(12)14)15(20)18-10-3-9-1-2-19(6-9)7-10/h4-5,8-10H,1-3,6-7H2,(H,18,20)/t9-,10+/m0/s1. The Kier molecular flexibility index (Phi) is 3.36. The molecule has 2 bridgehead atoms. The van der Waals surface area contributed by atoms with Gasteiger partial charge < -0.3 is 10.2 Å². The fourth-order valence-electron chi connectivity index (χ4n) is 3.45. The van der Waals surface area contributed by atoms with Gasteiger partial charge in [0.25, 0.3) is 5.91 Å². The van der Waals surface area contributed by atoms with Crippen LogP contribution in [0.5, 0.6) is 0 Å². The Balaban J connectivity index is 1.52. The first-order valence-corrected chi connectivity index (χ1v) is 8.51. The van der Waals surface area contributed by atoms with E-state index in [4.69, 9.17) is 11.6 Å². The molecule has 2 aromatic rings. The molecule has 0 spiro atoms. The smallest absolute Gasteiger partial charge is 0.270 e. The van der Waals surface area contributed by atoms with Gasteiger partial charge in [0.15, 0.2) is 0 Å². The van der Waals surface area contributed by atoms with Crippen molar-refractivity contribution in [3.05, 3.63) is 28.4 Å². The van der Waals surface area contributed by atoms with Gasteiger partial charge in [-0.15, -0.1) is 11.3 Å². The molecule has 0 aliphatic carbocycles. The Morgan fingerprint density at radius 3 is 3.24 bits per heavy atom. The van der Waals surface area contributed by atoms with Gasteiger partial charge in [0, 0.05) is 36.1 Å². The van der Waals surface area contributed by atoms with E-state index < -0.39 is 0 Å². The van der Waals surface area contributed by atoms with Crippen LogP contribution in [0, 0.1) is 5.92 Å². The minimum absolute atomic E-state index is 0.0910. The lowest BCUT2D eigenvalue weighted by molar-refractivity contribution is 0.0904. The van der Waals surface area contributed by atoms with Crippen molar-refractivity contribution in [1.82, 2.24) is 15.2 Å². The van der Waals surface area contributed by atoms with Crippen LogP contribution in [0.1, 0.15) is 23.3 Å². The average molecular weight is 322 g/mol. The Bertz CT molecular complexity index is 689. The Hall–Kier alpha value is -1.17. The second-order valence-corrected chi connectivity index (χ2v) is 7.29. The molecule has 1 N–H and O–H groups in total. The normalized spacial score (nSPS) is 28.0. The number of aromatic nitrogens is 1. The van der Waals surface area contributed by atoms with Crippen molar-refractivity contribution in [2.45, 2.75) is 18.9 Å². The second kappa shape index (κ2) is 5.23. The molecular formula is C15H16ClN3OS. The molecule has 4 rings (SSSR count). The van der Waals surface area contributed by atoms with Crippen LogP contribution in [0.2, 0.25) is 5.02 Å². The van der Waals surface area contributed by atoms with Gasteiger partial charge >= 0.3 is 0 Å². The fraction of sp³-hybridized carbons (Fsp3) is 0.467. The highest BCUT2D eigenvalue weighted by Gasteiger charge is 2.33. The summed E-state index contributed by atoms with van der Waals surface area (Å²) in [6, 6.07) is 2.04. The van der Waals surface area contributed by atoms with Gasteiger partial charge in [-0.1, -0.05) is 11.6 Å². The Morgan fingerprint density at radius 1 is 1.48 bits per heavy atom.